The highest BCUT2D eigenvalue weighted by atomic mass is 79.9. The molecule has 0 aliphatic carbocycles. The summed E-state index contributed by atoms with van der Waals surface area (Å²) in [6, 6.07) is 12.0. The Morgan fingerprint density at radius 2 is 1.76 bits per heavy atom. The van der Waals surface area contributed by atoms with Crippen molar-refractivity contribution in [3.05, 3.63) is 56.5 Å². The van der Waals surface area contributed by atoms with Crippen molar-refractivity contribution in [3.63, 3.8) is 0 Å². The van der Waals surface area contributed by atoms with Crippen LogP contribution in [0.4, 0.5) is 5.69 Å². The average Bonchev–Trinajstić information content (AvgIpc) is 2.42. The summed E-state index contributed by atoms with van der Waals surface area (Å²) >= 11 is 8.51. The van der Waals surface area contributed by atoms with Crippen LogP contribution in [0.15, 0.2) is 50.2 Å². The molecule has 0 fully saturated rings. The van der Waals surface area contributed by atoms with E-state index in [0.29, 0.717) is 5.75 Å². The zero-order valence-electron chi connectivity index (χ0n) is 11.7. The third-order valence-corrected chi connectivity index (χ3v) is 5.33. The average molecular weight is 429 g/mol. The summed E-state index contributed by atoms with van der Waals surface area (Å²) in [6.45, 7) is 4.06. The highest BCUT2D eigenvalue weighted by Gasteiger charge is 2.11. The molecule has 2 nitrogen and oxygen atoms in total. The van der Waals surface area contributed by atoms with Crippen molar-refractivity contribution >= 4 is 55.2 Å². The number of aryl methyl sites for hydroxylation is 2. The van der Waals surface area contributed by atoms with E-state index in [9.17, 15) is 4.79 Å². The van der Waals surface area contributed by atoms with E-state index in [1.807, 2.05) is 50.2 Å². The Balaban J connectivity index is 2.01. The lowest BCUT2D eigenvalue weighted by Gasteiger charge is -2.11. The molecule has 5 heteroatoms. The van der Waals surface area contributed by atoms with E-state index >= 15 is 0 Å². The maximum absolute atomic E-state index is 12.1. The lowest BCUT2D eigenvalue weighted by molar-refractivity contribution is -0.113. The predicted octanol–water partition coefficient (Wildman–Crippen LogP) is 5.56. The number of hydrogen-bond donors (Lipinski definition) is 1. The van der Waals surface area contributed by atoms with Gasteiger partial charge in [0.05, 0.1) is 11.4 Å². The summed E-state index contributed by atoms with van der Waals surface area (Å²) in [7, 11) is 0. The number of carbonyl (C=O) groups is 1. The molecule has 0 atom stereocenters. The van der Waals surface area contributed by atoms with E-state index in [0.717, 1.165) is 25.1 Å². The topological polar surface area (TPSA) is 29.1 Å². The van der Waals surface area contributed by atoms with Gasteiger partial charge in [-0.05, 0) is 75.0 Å². The number of benzene rings is 2. The molecule has 0 unspecified atom stereocenters. The van der Waals surface area contributed by atoms with E-state index in [1.165, 1.54) is 5.56 Å². The second-order valence-electron chi connectivity index (χ2n) is 4.71. The Hall–Kier alpha value is -0.780. The highest BCUT2D eigenvalue weighted by Crippen LogP contribution is 2.32. The number of carbonyl (C=O) groups excluding carboxylic acids is 1. The zero-order chi connectivity index (χ0) is 15.4. The van der Waals surface area contributed by atoms with Crippen molar-refractivity contribution in [3.8, 4) is 0 Å². The third-order valence-electron chi connectivity index (χ3n) is 2.90. The van der Waals surface area contributed by atoms with Crippen LogP contribution in [0.5, 0.6) is 0 Å². The van der Waals surface area contributed by atoms with Crippen molar-refractivity contribution in [1.82, 2.24) is 0 Å². The normalized spacial score (nSPS) is 10.5. The first-order valence-electron chi connectivity index (χ1n) is 6.41. The smallest absolute Gasteiger partial charge is 0.234 e. The quantitative estimate of drug-likeness (QED) is 0.645. The van der Waals surface area contributed by atoms with Crippen molar-refractivity contribution in [1.29, 1.82) is 0 Å². The van der Waals surface area contributed by atoms with Gasteiger partial charge in [0.2, 0.25) is 5.91 Å². The van der Waals surface area contributed by atoms with Gasteiger partial charge in [0.25, 0.3) is 0 Å². The zero-order valence-corrected chi connectivity index (χ0v) is 15.7. The lowest BCUT2D eigenvalue weighted by Crippen LogP contribution is -2.15. The molecule has 2 aromatic rings. The Labute approximate surface area is 146 Å². The van der Waals surface area contributed by atoms with E-state index in [2.05, 4.69) is 37.2 Å². The molecule has 0 radical (unpaired) electrons. The minimum Gasteiger partial charge on any atom is -0.323 e. The number of nitrogens with one attached hydrogen (secondary N) is 1. The maximum Gasteiger partial charge on any atom is 0.234 e. The Morgan fingerprint density at radius 1 is 1.14 bits per heavy atom. The van der Waals surface area contributed by atoms with Crippen LogP contribution < -0.4 is 5.32 Å². The van der Waals surface area contributed by atoms with Crippen LogP contribution in [0.3, 0.4) is 0 Å². The predicted molar refractivity (Wildman–Crippen MR) is 97.1 cm³/mol. The maximum atomic E-state index is 12.1. The van der Waals surface area contributed by atoms with Gasteiger partial charge in [-0.15, -0.1) is 11.8 Å². The van der Waals surface area contributed by atoms with Crippen LogP contribution in [0.1, 0.15) is 11.1 Å². The van der Waals surface area contributed by atoms with E-state index in [1.54, 1.807) is 11.8 Å². The summed E-state index contributed by atoms with van der Waals surface area (Å²) < 4.78 is 1.76. The van der Waals surface area contributed by atoms with Gasteiger partial charge in [-0.25, -0.2) is 0 Å². The largest absolute Gasteiger partial charge is 0.323 e. The first-order chi connectivity index (χ1) is 9.97. The molecule has 0 aliphatic rings. The molecule has 0 heterocycles. The molecule has 21 heavy (non-hydrogen) atoms. The fourth-order valence-electron chi connectivity index (χ4n) is 1.86. The van der Waals surface area contributed by atoms with Crippen LogP contribution in [-0.4, -0.2) is 11.7 Å². The Bertz CT molecular complexity index is 650. The standard InChI is InChI=1S/C16H15Br2NOS/c1-10-7-12(17)16(13(18)8-10)19-15(20)9-21-14-6-4-3-5-11(14)2/h3-8H,9H2,1-2H3,(H,19,20). The van der Waals surface area contributed by atoms with Crippen molar-refractivity contribution < 1.29 is 4.79 Å². The van der Waals surface area contributed by atoms with Gasteiger partial charge < -0.3 is 5.32 Å². The van der Waals surface area contributed by atoms with Crippen LogP contribution in [0.25, 0.3) is 0 Å². The number of rotatable bonds is 4. The fourth-order valence-corrected chi connectivity index (χ4v) is 4.30. The third kappa shape index (κ3) is 4.59. The second kappa shape index (κ2) is 7.47. The Morgan fingerprint density at radius 3 is 2.38 bits per heavy atom. The van der Waals surface area contributed by atoms with E-state index in [4.69, 9.17) is 0 Å². The van der Waals surface area contributed by atoms with Gasteiger partial charge in [0.1, 0.15) is 0 Å². The molecule has 1 amide bonds. The summed E-state index contributed by atoms with van der Waals surface area (Å²) in [5.74, 6) is 0.367. The highest BCUT2D eigenvalue weighted by molar-refractivity contribution is 9.11. The summed E-state index contributed by atoms with van der Waals surface area (Å²) in [6.07, 6.45) is 0. The van der Waals surface area contributed by atoms with Gasteiger partial charge in [-0.1, -0.05) is 18.2 Å². The molecule has 2 aromatic carbocycles. The molecule has 1 N–H and O–H groups in total. The monoisotopic (exact) mass is 427 g/mol. The molecule has 0 aromatic heterocycles. The van der Waals surface area contributed by atoms with Crippen LogP contribution in [0, 0.1) is 13.8 Å². The number of halogens is 2. The van der Waals surface area contributed by atoms with Gasteiger partial charge in [-0.2, -0.15) is 0 Å². The minimum atomic E-state index is -0.0199. The number of thioether (sulfide) groups is 1. The second-order valence-corrected chi connectivity index (χ2v) is 7.43. The van der Waals surface area contributed by atoms with Crippen molar-refractivity contribution in [2.24, 2.45) is 0 Å². The molecule has 0 bridgehead atoms. The summed E-state index contributed by atoms with van der Waals surface area (Å²) in [4.78, 5) is 13.2. The first-order valence-corrected chi connectivity index (χ1v) is 8.98. The number of hydrogen-bond acceptors (Lipinski definition) is 2. The molecule has 2 rings (SSSR count). The molecule has 0 aliphatic heterocycles. The molecule has 0 saturated heterocycles. The van der Waals surface area contributed by atoms with Crippen LogP contribution in [-0.2, 0) is 4.79 Å². The molecule has 110 valence electrons. The van der Waals surface area contributed by atoms with Crippen LogP contribution in [0.2, 0.25) is 0 Å². The van der Waals surface area contributed by atoms with Gasteiger partial charge in [0, 0.05) is 13.8 Å². The SMILES string of the molecule is Cc1cc(Br)c(NC(=O)CSc2ccccc2C)c(Br)c1. The summed E-state index contributed by atoms with van der Waals surface area (Å²) in [5, 5.41) is 2.94. The molecule has 0 saturated carbocycles. The van der Waals surface area contributed by atoms with Gasteiger partial charge in [-0.3, -0.25) is 4.79 Å². The van der Waals surface area contributed by atoms with Crippen molar-refractivity contribution in [2.75, 3.05) is 11.1 Å². The lowest BCUT2D eigenvalue weighted by atomic mass is 10.2. The first kappa shape index (κ1) is 16.6. The van der Waals surface area contributed by atoms with Crippen LogP contribution >= 0.6 is 43.6 Å². The summed E-state index contributed by atoms with van der Waals surface area (Å²) in [5.41, 5.74) is 3.09. The van der Waals surface area contributed by atoms with Gasteiger partial charge in [0.15, 0.2) is 0 Å². The fraction of sp³-hybridized carbons (Fsp3) is 0.188. The van der Waals surface area contributed by atoms with E-state index < -0.39 is 0 Å². The molecule has 0 spiro atoms. The van der Waals surface area contributed by atoms with E-state index in [-0.39, 0.29) is 5.91 Å². The molecular formula is C16H15Br2NOS. The number of anilines is 1. The minimum absolute atomic E-state index is 0.0199. The Kier molecular flexibility index (Phi) is 5.90. The number of amides is 1. The van der Waals surface area contributed by atoms with Gasteiger partial charge >= 0.3 is 0 Å². The molecular weight excluding hydrogens is 414 g/mol. The van der Waals surface area contributed by atoms with Crippen molar-refractivity contribution in [2.45, 2.75) is 18.7 Å².